The van der Waals surface area contributed by atoms with Gasteiger partial charge >= 0.3 is 0 Å². The van der Waals surface area contributed by atoms with E-state index in [0.29, 0.717) is 17.9 Å². The van der Waals surface area contributed by atoms with Crippen LogP contribution in [-0.4, -0.2) is 31.9 Å². The van der Waals surface area contributed by atoms with Crippen molar-refractivity contribution in [3.63, 3.8) is 0 Å². The molecule has 0 amide bonds. The van der Waals surface area contributed by atoms with Crippen molar-refractivity contribution in [2.45, 2.75) is 13.3 Å². The van der Waals surface area contributed by atoms with Crippen LogP contribution in [0.5, 0.6) is 5.75 Å². The first-order chi connectivity index (χ1) is 8.17. The van der Waals surface area contributed by atoms with E-state index in [-0.39, 0.29) is 24.6 Å². The summed E-state index contributed by atoms with van der Waals surface area (Å²) >= 11 is 0. The maximum Gasteiger partial charge on any atom is 0.170 e. The van der Waals surface area contributed by atoms with E-state index in [1.165, 1.54) is 7.11 Å². The molecule has 4 heteroatoms. The molecule has 0 radical (unpaired) electrons. The molecule has 92 valence electrons. The van der Waals surface area contributed by atoms with Crippen molar-refractivity contribution < 1.29 is 19.1 Å². The molecule has 0 fully saturated rings. The Balaban J connectivity index is 2.60. The number of methoxy groups -OCH3 is 1. The minimum absolute atomic E-state index is 0.0250. The number of carbonyl (C=O) groups excluding carboxylic acids is 2. The summed E-state index contributed by atoms with van der Waals surface area (Å²) in [7, 11) is 1.43. The Hall–Kier alpha value is -1.68. The fourth-order valence-electron chi connectivity index (χ4n) is 1.40. The van der Waals surface area contributed by atoms with Gasteiger partial charge in [-0.3, -0.25) is 9.59 Å². The van der Waals surface area contributed by atoms with Crippen LogP contribution < -0.4 is 4.74 Å². The molecule has 0 heterocycles. The molecule has 0 aromatic heterocycles. The number of hydrogen-bond acceptors (Lipinski definition) is 4. The van der Waals surface area contributed by atoms with Crippen LogP contribution in [0.2, 0.25) is 0 Å². The molecule has 0 saturated heterocycles. The van der Waals surface area contributed by atoms with E-state index >= 15 is 0 Å². The predicted molar refractivity (Wildman–Crippen MR) is 63.4 cm³/mol. The lowest BCUT2D eigenvalue weighted by Gasteiger charge is -2.04. The number of carbonyl (C=O) groups is 2. The summed E-state index contributed by atoms with van der Waals surface area (Å²) in [6.07, 6.45) is -0.123. The number of rotatable bonds is 7. The number of ketones is 2. The van der Waals surface area contributed by atoms with Gasteiger partial charge < -0.3 is 9.47 Å². The first kappa shape index (κ1) is 13.4. The molecular formula is C13H16O4. The zero-order chi connectivity index (χ0) is 12.7. The van der Waals surface area contributed by atoms with E-state index in [4.69, 9.17) is 4.74 Å². The monoisotopic (exact) mass is 236 g/mol. The van der Waals surface area contributed by atoms with Gasteiger partial charge in [0, 0.05) is 12.7 Å². The van der Waals surface area contributed by atoms with E-state index in [2.05, 4.69) is 4.74 Å². The predicted octanol–water partition coefficient (Wildman–Crippen LogP) is 1.87. The van der Waals surface area contributed by atoms with Gasteiger partial charge in [-0.25, -0.2) is 0 Å². The van der Waals surface area contributed by atoms with Crippen LogP contribution in [-0.2, 0) is 9.53 Å². The highest BCUT2D eigenvalue weighted by molar-refractivity contribution is 6.08. The van der Waals surface area contributed by atoms with Crippen LogP contribution >= 0.6 is 0 Å². The lowest BCUT2D eigenvalue weighted by molar-refractivity contribution is -0.121. The zero-order valence-electron chi connectivity index (χ0n) is 10.1. The van der Waals surface area contributed by atoms with Gasteiger partial charge in [0.15, 0.2) is 11.6 Å². The number of hydrogen-bond donors (Lipinski definition) is 0. The third-order valence-corrected chi connectivity index (χ3v) is 2.15. The van der Waals surface area contributed by atoms with Crippen LogP contribution in [0, 0.1) is 0 Å². The molecule has 1 aromatic rings. The molecule has 0 aliphatic rings. The van der Waals surface area contributed by atoms with Gasteiger partial charge in [-0.2, -0.15) is 0 Å². The second-order valence-corrected chi connectivity index (χ2v) is 3.53. The van der Waals surface area contributed by atoms with Crippen molar-refractivity contribution in [3.05, 3.63) is 29.8 Å². The Labute approximate surface area is 101 Å². The maximum absolute atomic E-state index is 11.7. The van der Waals surface area contributed by atoms with E-state index in [0.717, 1.165) is 0 Å². The van der Waals surface area contributed by atoms with Gasteiger partial charge in [0.05, 0.1) is 13.0 Å². The molecule has 0 unspecified atom stereocenters. The number of Topliss-reactive ketones (excluding diaryl/α,β-unsaturated/α-hetero) is 2. The molecule has 1 rings (SSSR count). The Bertz CT molecular complexity index is 381. The summed E-state index contributed by atoms with van der Waals surface area (Å²) < 4.78 is 9.93. The lowest BCUT2D eigenvalue weighted by Crippen LogP contribution is -2.12. The Morgan fingerprint density at radius 3 is 2.35 bits per heavy atom. The molecule has 0 N–H and O–H groups in total. The fourth-order valence-corrected chi connectivity index (χ4v) is 1.40. The van der Waals surface area contributed by atoms with Crippen molar-refractivity contribution in [1.29, 1.82) is 0 Å². The maximum atomic E-state index is 11.7. The van der Waals surface area contributed by atoms with Crippen molar-refractivity contribution >= 4 is 11.6 Å². The summed E-state index contributed by atoms with van der Waals surface area (Å²) in [6.45, 7) is 2.45. The quantitative estimate of drug-likeness (QED) is 0.535. The van der Waals surface area contributed by atoms with E-state index in [1.54, 1.807) is 24.3 Å². The van der Waals surface area contributed by atoms with Gasteiger partial charge in [0.2, 0.25) is 0 Å². The summed E-state index contributed by atoms with van der Waals surface area (Å²) in [5.41, 5.74) is 0.512. The highest BCUT2D eigenvalue weighted by Crippen LogP contribution is 2.13. The third kappa shape index (κ3) is 4.36. The lowest BCUT2D eigenvalue weighted by atomic mass is 10.1. The topological polar surface area (TPSA) is 52.6 Å². The fraction of sp³-hybridized carbons (Fsp3) is 0.385. The summed E-state index contributed by atoms with van der Waals surface area (Å²) in [4.78, 5) is 22.9. The molecule has 0 aliphatic carbocycles. The van der Waals surface area contributed by atoms with Crippen molar-refractivity contribution in [3.8, 4) is 5.75 Å². The van der Waals surface area contributed by atoms with Gasteiger partial charge in [-0.05, 0) is 31.2 Å². The molecule has 4 nitrogen and oxygen atoms in total. The van der Waals surface area contributed by atoms with Crippen molar-refractivity contribution in [2.75, 3.05) is 20.3 Å². The van der Waals surface area contributed by atoms with Crippen molar-refractivity contribution in [1.82, 2.24) is 0 Å². The van der Waals surface area contributed by atoms with Crippen LogP contribution in [0.1, 0.15) is 23.7 Å². The van der Waals surface area contributed by atoms with Gasteiger partial charge in [0.25, 0.3) is 0 Å². The zero-order valence-corrected chi connectivity index (χ0v) is 10.1. The molecule has 0 atom stereocenters. The third-order valence-electron chi connectivity index (χ3n) is 2.15. The van der Waals surface area contributed by atoms with Crippen LogP contribution in [0.25, 0.3) is 0 Å². The SMILES string of the molecule is CCOc1ccc(C(=O)CC(=O)COC)cc1. The van der Waals surface area contributed by atoms with E-state index < -0.39 is 0 Å². The first-order valence-corrected chi connectivity index (χ1v) is 5.44. The highest BCUT2D eigenvalue weighted by atomic mass is 16.5. The highest BCUT2D eigenvalue weighted by Gasteiger charge is 2.11. The minimum Gasteiger partial charge on any atom is -0.494 e. The average molecular weight is 236 g/mol. The van der Waals surface area contributed by atoms with Crippen LogP contribution in [0.4, 0.5) is 0 Å². The number of benzene rings is 1. The average Bonchev–Trinajstić information content (AvgIpc) is 2.30. The summed E-state index contributed by atoms with van der Waals surface area (Å²) in [5.74, 6) is 0.300. The number of ether oxygens (including phenoxy) is 2. The Morgan fingerprint density at radius 1 is 1.18 bits per heavy atom. The van der Waals surface area contributed by atoms with Gasteiger partial charge in [-0.15, -0.1) is 0 Å². The Morgan fingerprint density at radius 2 is 1.82 bits per heavy atom. The molecule has 1 aromatic carbocycles. The normalized spacial score (nSPS) is 10.0. The standard InChI is InChI=1S/C13H16O4/c1-3-17-12-6-4-10(5-7-12)13(15)8-11(14)9-16-2/h4-7H,3,8-9H2,1-2H3. The second-order valence-electron chi connectivity index (χ2n) is 3.53. The van der Waals surface area contributed by atoms with Gasteiger partial charge in [-0.1, -0.05) is 0 Å². The minimum atomic E-state index is -0.216. The van der Waals surface area contributed by atoms with Crippen LogP contribution in [0.15, 0.2) is 24.3 Å². The second kappa shape index (κ2) is 6.81. The smallest absolute Gasteiger partial charge is 0.170 e. The van der Waals surface area contributed by atoms with Gasteiger partial charge in [0.1, 0.15) is 12.4 Å². The molecular weight excluding hydrogens is 220 g/mol. The molecule has 0 spiro atoms. The van der Waals surface area contributed by atoms with Crippen molar-refractivity contribution in [2.24, 2.45) is 0 Å². The molecule has 0 saturated carbocycles. The molecule has 17 heavy (non-hydrogen) atoms. The molecule has 0 aliphatic heterocycles. The molecule has 0 bridgehead atoms. The summed E-state index contributed by atoms with van der Waals surface area (Å²) in [5, 5.41) is 0. The van der Waals surface area contributed by atoms with E-state index in [1.807, 2.05) is 6.92 Å². The first-order valence-electron chi connectivity index (χ1n) is 5.44. The Kier molecular flexibility index (Phi) is 5.36. The van der Waals surface area contributed by atoms with E-state index in [9.17, 15) is 9.59 Å². The largest absolute Gasteiger partial charge is 0.494 e. The van der Waals surface area contributed by atoms with Crippen LogP contribution in [0.3, 0.4) is 0 Å². The summed E-state index contributed by atoms with van der Waals surface area (Å²) in [6, 6.07) is 6.76.